The van der Waals surface area contributed by atoms with Crippen molar-refractivity contribution in [2.45, 2.75) is 40.5 Å². The molecule has 28 heavy (non-hydrogen) atoms. The molecule has 0 atom stereocenters. The number of carbonyl (C=O) groups is 1. The highest BCUT2D eigenvalue weighted by Gasteiger charge is 2.14. The SMILES string of the molecule is CCCc1cccc(OCC(=O)Nc2nc3c(C)cc(C)cc3s2)c1OCC. The van der Waals surface area contributed by atoms with Gasteiger partial charge in [0.2, 0.25) is 0 Å². The van der Waals surface area contributed by atoms with Gasteiger partial charge in [-0.2, -0.15) is 0 Å². The van der Waals surface area contributed by atoms with Gasteiger partial charge in [-0.25, -0.2) is 4.98 Å². The number of anilines is 1. The van der Waals surface area contributed by atoms with Crippen LogP contribution in [0.4, 0.5) is 5.13 Å². The van der Waals surface area contributed by atoms with Crippen LogP contribution < -0.4 is 14.8 Å². The molecule has 0 saturated heterocycles. The Balaban J connectivity index is 1.69. The lowest BCUT2D eigenvalue weighted by atomic mass is 10.1. The van der Waals surface area contributed by atoms with Crippen molar-refractivity contribution in [1.82, 2.24) is 4.98 Å². The topological polar surface area (TPSA) is 60.5 Å². The second kappa shape index (κ2) is 9.06. The van der Waals surface area contributed by atoms with E-state index in [1.54, 1.807) is 0 Å². The molecule has 0 bridgehead atoms. The Morgan fingerprint density at radius 1 is 1.18 bits per heavy atom. The molecule has 0 saturated carbocycles. The number of fused-ring (bicyclic) bond motifs is 1. The lowest BCUT2D eigenvalue weighted by Crippen LogP contribution is -2.20. The van der Waals surface area contributed by atoms with Crippen molar-refractivity contribution >= 4 is 32.6 Å². The summed E-state index contributed by atoms with van der Waals surface area (Å²) < 4.78 is 12.6. The number of benzene rings is 2. The Hall–Kier alpha value is -2.60. The number of thiazole rings is 1. The van der Waals surface area contributed by atoms with Gasteiger partial charge in [0.1, 0.15) is 0 Å². The molecule has 0 spiro atoms. The molecular weight excluding hydrogens is 372 g/mol. The molecule has 5 nitrogen and oxygen atoms in total. The predicted molar refractivity (Wildman–Crippen MR) is 115 cm³/mol. The Kier molecular flexibility index (Phi) is 6.52. The molecule has 1 amide bonds. The van der Waals surface area contributed by atoms with E-state index in [2.05, 4.69) is 36.3 Å². The van der Waals surface area contributed by atoms with E-state index < -0.39 is 0 Å². The van der Waals surface area contributed by atoms with Gasteiger partial charge in [-0.15, -0.1) is 0 Å². The molecule has 0 fully saturated rings. The highest BCUT2D eigenvalue weighted by molar-refractivity contribution is 7.22. The van der Waals surface area contributed by atoms with Gasteiger partial charge >= 0.3 is 0 Å². The Labute approximate surface area is 169 Å². The zero-order valence-electron chi connectivity index (χ0n) is 16.8. The van der Waals surface area contributed by atoms with Crippen LogP contribution in [0.2, 0.25) is 0 Å². The Morgan fingerprint density at radius 3 is 2.75 bits per heavy atom. The number of nitrogens with zero attached hydrogens (tertiary/aromatic N) is 1. The van der Waals surface area contributed by atoms with Crippen LogP contribution in [0.5, 0.6) is 11.5 Å². The molecule has 0 unspecified atom stereocenters. The van der Waals surface area contributed by atoms with E-state index in [-0.39, 0.29) is 12.5 Å². The summed E-state index contributed by atoms with van der Waals surface area (Å²) in [6.45, 7) is 8.61. The van der Waals surface area contributed by atoms with Crippen LogP contribution in [-0.2, 0) is 11.2 Å². The number of hydrogen-bond acceptors (Lipinski definition) is 5. The third-order valence-electron chi connectivity index (χ3n) is 4.30. The van der Waals surface area contributed by atoms with Gasteiger partial charge in [0.05, 0.1) is 16.8 Å². The monoisotopic (exact) mass is 398 g/mol. The van der Waals surface area contributed by atoms with Gasteiger partial charge in [0, 0.05) is 0 Å². The first-order valence-electron chi connectivity index (χ1n) is 9.57. The molecule has 0 aliphatic rings. The second-order valence-electron chi connectivity index (χ2n) is 6.71. The minimum absolute atomic E-state index is 0.0937. The number of amides is 1. The van der Waals surface area contributed by atoms with Gasteiger partial charge in [-0.1, -0.05) is 42.9 Å². The third-order valence-corrected chi connectivity index (χ3v) is 5.22. The third kappa shape index (κ3) is 4.62. The number of aromatic nitrogens is 1. The minimum atomic E-state index is -0.239. The number of aryl methyl sites for hydroxylation is 3. The summed E-state index contributed by atoms with van der Waals surface area (Å²) in [5, 5.41) is 3.43. The van der Waals surface area contributed by atoms with E-state index >= 15 is 0 Å². The van der Waals surface area contributed by atoms with Crippen LogP contribution in [0.15, 0.2) is 30.3 Å². The van der Waals surface area contributed by atoms with E-state index in [1.807, 2.05) is 32.0 Å². The number of hydrogen-bond donors (Lipinski definition) is 1. The minimum Gasteiger partial charge on any atom is -0.490 e. The van der Waals surface area contributed by atoms with Crippen LogP contribution in [0.1, 0.15) is 37.0 Å². The number of carbonyl (C=O) groups excluding carboxylic acids is 1. The summed E-state index contributed by atoms with van der Waals surface area (Å²) in [6.07, 6.45) is 1.92. The van der Waals surface area contributed by atoms with Crippen molar-refractivity contribution in [3.8, 4) is 11.5 Å². The summed E-state index contributed by atoms with van der Waals surface area (Å²) in [7, 11) is 0. The first-order chi connectivity index (χ1) is 13.5. The highest BCUT2D eigenvalue weighted by Crippen LogP contribution is 2.33. The van der Waals surface area contributed by atoms with Crippen molar-refractivity contribution < 1.29 is 14.3 Å². The van der Waals surface area contributed by atoms with Crippen LogP contribution in [0.3, 0.4) is 0 Å². The van der Waals surface area contributed by atoms with Crippen LogP contribution >= 0.6 is 11.3 Å². The molecule has 3 rings (SSSR count). The van der Waals surface area contributed by atoms with Crippen LogP contribution in [-0.4, -0.2) is 24.1 Å². The van der Waals surface area contributed by atoms with Gasteiger partial charge < -0.3 is 9.47 Å². The molecule has 148 valence electrons. The molecule has 1 heterocycles. The quantitative estimate of drug-likeness (QED) is 0.561. The van der Waals surface area contributed by atoms with E-state index in [9.17, 15) is 4.79 Å². The molecule has 3 aromatic rings. The molecule has 0 radical (unpaired) electrons. The fraction of sp³-hybridized carbons (Fsp3) is 0.364. The molecule has 0 aliphatic heterocycles. The molecule has 0 aliphatic carbocycles. The lowest BCUT2D eigenvalue weighted by molar-refractivity contribution is -0.118. The van der Waals surface area contributed by atoms with Gasteiger partial charge in [-0.05, 0) is 56.0 Å². The van der Waals surface area contributed by atoms with Crippen LogP contribution in [0.25, 0.3) is 10.2 Å². The van der Waals surface area contributed by atoms with E-state index in [0.717, 1.165) is 39.9 Å². The van der Waals surface area contributed by atoms with Crippen molar-refractivity contribution in [2.24, 2.45) is 0 Å². The maximum Gasteiger partial charge on any atom is 0.264 e. The fourth-order valence-corrected chi connectivity index (χ4v) is 4.23. The number of ether oxygens (including phenoxy) is 2. The largest absolute Gasteiger partial charge is 0.490 e. The zero-order chi connectivity index (χ0) is 20.1. The summed E-state index contributed by atoms with van der Waals surface area (Å²) in [5.74, 6) is 1.08. The first-order valence-corrected chi connectivity index (χ1v) is 10.4. The van der Waals surface area contributed by atoms with E-state index in [0.29, 0.717) is 17.5 Å². The maximum absolute atomic E-state index is 12.4. The maximum atomic E-state index is 12.4. The Morgan fingerprint density at radius 2 is 2.00 bits per heavy atom. The standard InChI is InChI=1S/C22H26N2O3S/c1-5-8-16-9-7-10-17(21(16)26-6-2)27-13-19(25)23-22-24-20-15(4)11-14(3)12-18(20)28-22/h7,9-12H,5-6,8,13H2,1-4H3,(H,23,24,25). The lowest BCUT2D eigenvalue weighted by Gasteiger charge is -2.15. The fourth-order valence-electron chi connectivity index (χ4n) is 3.17. The number of para-hydroxylation sites is 1. The summed E-state index contributed by atoms with van der Waals surface area (Å²) in [4.78, 5) is 16.9. The first kappa shape index (κ1) is 20.1. The highest BCUT2D eigenvalue weighted by atomic mass is 32.1. The normalized spacial score (nSPS) is 10.9. The number of rotatable bonds is 8. The average Bonchev–Trinajstić information content (AvgIpc) is 3.05. The van der Waals surface area contributed by atoms with E-state index in [4.69, 9.17) is 9.47 Å². The van der Waals surface area contributed by atoms with Gasteiger partial charge in [0.25, 0.3) is 5.91 Å². The Bertz CT molecular complexity index is 981. The molecule has 1 aromatic heterocycles. The van der Waals surface area contributed by atoms with Crippen molar-refractivity contribution in [2.75, 3.05) is 18.5 Å². The van der Waals surface area contributed by atoms with Crippen molar-refractivity contribution in [3.63, 3.8) is 0 Å². The summed E-state index contributed by atoms with van der Waals surface area (Å²) in [5.41, 5.74) is 4.32. The predicted octanol–water partition coefficient (Wildman–Crippen LogP) is 5.28. The van der Waals surface area contributed by atoms with Gasteiger partial charge in [-0.3, -0.25) is 10.1 Å². The second-order valence-corrected chi connectivity index (χ2v) is 7.74. The van der Waals surface area contributed by atoms with Crippen molar-refractivity contribution in [3.05, 3.63) is 47.0 Å². The number of nitrogens with one attached hydrogen (secondary N) is 1. The van der Waals surface area contributed by atoms with Crippen molar-refractivity contribution in [1.29, 1.82) is 0 Å². The molecular formula is C22H26N2O3S. The summed E-state index contributed by atoms with van der Waals surface area (Å²) in [6, 6.07) is 9.97. The zero-order valence-corrected chi connectivity index (χ0v) is 17.6. The van der Waals surface area contributed by atoms with Gasteiger partial charge in [0.15, 0.2) is 23.2 Å². The molecule has 1 N–H and O–H groups in total. The van der Waals surface area contributed by atoms with Crippen LogP contribution in [0, 0.1) is 13.8 Å². The summed E-state index contributed by atoms with van der Waals surface area (Å²) >= 11 is 1.47. The smallest absolute Gasteiger partial charge is 0.264 e. The van der Waals surface area contributed by atoms with E-state index in [1.165, 1.54) is 16.9 Å². The molecule has 6 heteroatoms. The average molecular weight is 399 g/mol. The molecule has 2 aromatic carbocycles.